The van der Waals surface area contributed by atoms with Gasteiger partial charge in [-0.2, -0.15) is 4.98 Å². The van der Waals surface area contributed by atoms with Crippen LogP contribution in [0.15, 0.2) is 12.1 Å². The Morgan fingerprint density at radius 3 is 2.83 bits per heavy atom. The standard InChI is InChI=1S/C12H20N4O2/c1-8(2)7-18-12-9(13)3-4-11(16-12)15-6-5-10(14)17/h3-4,8H,5-7,13H2,1-2H3,(H2,14,17)(H,15,16). The predicted molar refractivity (Wildman–Crippen MR) is 71.3 cm³/mol. The Morgan fingerprint density at radius 2 is 2.22 bits per heavy atom. The first-order chi connectivity index (χ1) is 8.49. The minimum absolute atomic E-state index is 0.258. The molecule has 0 aliphatic rings. The summed E-state index contributed by atoms with van der Waals surface area (Å²) in [4.78, 5) is 14.8. The van der Waals surface area contributed by atoms with Gasteiger partial charge in [-0.15, -0.1) is 0 Å². The van der Waals surface area contributed by atoms with Gasteiger partial charge in [0.05, 0.1) is 12.3 Å². The molecule has 18 heavy (non-hydrogen) atoms. The zero-order chi connectivity index (χ0) is 13.5. The molecule has 0 spiro atoms. The van der Waals surface area contributed by atoms with Crippen molar-refractivity contribution in [2.24, 2.45) is 11.7 Å². The second-order valence-corrected chi connectivity index (χ2v) is 4.44. The van der Waals surface area contributed by atoms with Crippen LogP contribution in [-0.2, 0) is 4.79 Å². The Balaban J connectivity index is 2.59. The van der Waals surface area contributed by atoms with E-state index < -0.39 is 0 Å². The molecule has 0 atom stereocenters. The van der Waals surface area contributed by atoms with Gasteiger partial charge in [0.1, 0.15) is 5.82 Å². The van der Waals surface area contributed by atoms with Gasteiger partial charge in [0.15, 0.2) is 0 Å². The first-order valence-corrected chi connectivity index (χ1v) is 5.90. The second-order valence-electron chi connectivity index (χ2n) is 4.44. The Labute approximate surface area is 107 Å². The van der Waals surface area contributed by atoms with Crippen molar-refractivity contribution in [2.75, 3.05) is 24.2 Å². The molecule has 0 aromatic carbocycles. The van der Waals surface area contributed by atoms with Crippen molar-refractivity contribution in [1.82, 2.24) is 4.98 Å². The fourth-order valence-corrected chi connectivity index (χ4v) is 1.22. The van der Waals surface area contributed by atoms with Crippen LogP contribution < -0.4 is 21.5 Å². The third-order valence-corrected chi connectivity index (χ3v) is 2.12. The fourth-order valence-electron chi connectivity index (χ4n) is 1.22. The molecular weight excluding hydrogens is 232 g/mol. The Kier molecular flexibility index (Phi) is 5.23. The van der Waals surface area contributed by atoms with E-state index in [0.29, 0.717) is 36.5 Å². The molecule has 1 rings (SSSR count). The molecule has 0 bridgehead atoms. The van der Waals surface area contributed by atoms with Gasteiger partial charge in [-0.25, -0.2) is 0 Å². The van der Waals surface area contributed by atoms with Crippen LogP contribution >= 0.6 is 0 Å². The summed E-state index contributed by atoms with van der Waals surface area (Å²) in [6.45, 7) is 5.09. The zero-order valence-electron chi connectivity index (χ0n) is 10.8. The maximum absolute atomic E-state index is 10.6. The summed E-state index contributed by atoms with van der Waals surface area (Å²) < 4.78 is 5.50. The van der Waals surface area contributed by atoms with Crippen molar-refractivity contribution in [1.29, 1.82) is 0 Å². The van der Waals surface area contributed by atoms with Crippen LogP contribution in [0.1, 0.15) is 20.3 Å². The van der Waals surface area contributed by atoms with Gasteiger partial charge in [-0.1, -0.05) is 13.8 Å². The highest BCUT2D eigenvalue weighted by Gasteiger charge is 2.05. The van der Waals surface area contributed by atoms with Crippen molar-refractivity contribution < 1.29 is 9.53 Å². The van der Waals surface area contributed by atoms with Crippen molar-refractivity contribution in [2.45, 2.75) is 20.3 Å². The number of nitrogens with two attached hydrogens (primary N) is 2. The molecule has 0 fully saturated rings. The number of primary amides is 1. The van der Waals surface area contributed by atoms with Crippen LogP contribution in [0.4, 0.5) is 11.5 Å². The first kappa shape index (κ1) is 14.1. The predicted octanol–water partition coefficient (Wildman–Crippen LogP) is 0.986. The first-order valence-electron chi connectivity index (χ1n) is 5.90. The van der Waals surface area contributed by atoms with Gasteiger partial charge in [-0.05, 0) is 18.1 Å². The molecule has 1 aromatic heterocycles. The van der Waals surface area contributed by atoms with Gasteiger partial charge in [0.25, 0.3) is 0 Å². The van der Waals surface area contributed by atoms with Crippen LogP contribution in [-0.4, -0.2) is 24.0 Å². The third kappa shape index (κ3) is 4.90. The van der Waals surface area contributed by atoms with Crippen molar-refractivity contribution in [3.8, 4) is 5.88 Å². The highest BCUT2D eigenvalue weighted by Crippen LogP contribution is 2.21. The van der Waals surface area contributed by atoms with E-state index in [1.165, 1.54) is 0 Å². The summed E-state index contributed by atoms with van der Waals surface area (Å²) in [6.07, 6.45) is 0.258. The summed E-state index contributed by atoms with van der Waals surface area (Å²) in [5, 5.41) is 2.98. The number of amides is 1. The van der Waals surface area contributed by atoms with E-state index >= 15 is 0 Å². The minimum Gasteiger partial charge on any atom is -0.476 e. The van der Waals surface area contributed by atoms with Gasteiger partial charge in [0, 0.05) is 13.0 Å². The number of nitrogen functional groups attached to an aromatic ring is 1. The van der Waals surface area contributed by atoms with Gasteiger partial charge >= 0.3 is 0 Å². The number of aromatic nitrogens is 1. The molecule has 0 aliphatic heterocycles. The Hall–Kier alpha value is -1.98. The Bertz CT molecular complexity index is 407. The minimum atomic E-state index is -0.353. The third-order valence-electron chi connectivity index (χ3n) is 2.12. The molecule has 6 heteroatoms. The van der Waals surface area contributed by atoms with E-state index in [1.807, 2.05) is 13.8 Å². The number of anilines is 2. The van der Waals surface area contributed by atoms with Gasteiger partial charge in [-0.3, -0.25) is 4.79 Å². The number of carbonyl (C=O) groups excluding carboxylic acids is 1. The maximum atomic E-state index is 10.6. The number of carbonyl (C=O) groups is 1. The molecule has 0 saturated heterocycles. The van der Waals surface area contributed by atoms with E-state index in [1.54, 1.807) is 12.1 Å². The van der Waals surface area contributed by atoms with E-state index in [-0.39, 0.29) is 12.3 Å². The van der Waals surface area contributed by atoms with Crippen LogP contribution in [0.25, 0.3) is 0 Å². The lowest BCUT2D eigenvalue weighted by atomic mass is 10.2. The van der Waals surface area contributed by atoms with Crippen LogP contribution in [0.2, 0.25) is 0 Å². The molecule has 6 nitrogen and oxygen atoms in total. The molecule has 1 aromatic rings. The van der Waals surface area contributed by atoms with E-state index in [4.69, 9.17) is 16.2 Å². The number of nitrogens with zero attached hydrogens (tertiary/aromatic N) is 1. The summed E-state index contributed by atoms with van der Waals surface area (Å²) in [6, 6.07) is 3.45. The average molecular weight is 252 g/mol. The number of ether oxygens (including phenoxy) is 1. The highest BCUT2D eigenvalue weighted by atomic mass is 16.5. The normalized spacial score (nSPS) is 10.4. The van der Waals surface area contributed by atoms with E-state index in [9.17, 15) is 4.79 Å². The molecule has 5 N–H and O–H groups in total. The average Bonchev–Trinajstić information content (AvgIpc) is 2.29. The van der Waals surface area contributed by atoms with E-state index in [0.717, 1.165) is 0 Å². The van der Waals surface area contributed by atoms with Crippen molar-refractivity contribution >= 4 is 17.4 Å². The summed E-state index contributed by atoms with van der Waals surface area (Å²) in [7, 11) is 0. The lowest BCUT2D eigenvalue weighted by Gasteiger charge is -2.11. The fraction of sp³-hybridized carbons (Fsp3) is 0.500. The smallest absolute Gasteiger partial charge is 0.239 e. The number of rotatable bonds is 7. The Morgan fingerprint density at radius 1 is 1.50 bits per heavy atom. The molecule has 0 saturated carbocycles. The van der Waals surface area contributed by atoms with Crippen molar-refractivity contribution in [3.05, 3.63) is 12.1 Å². The molecule has 0 aliphatic carbocycles. The molecule has 0 radical (unpaired) electrons. The summed E-state index contributed by atoms with van der Waals surface area (Å²) >= 11 is 0. The van der Waals surface area contributed by atoms with Crippen LogP contribution in [0, 0.1) is 5.92 Å². The molecular formula is C12H20N4O2. The SMILES string of the molecule is CC(C)COc1nc(NCCC(N)=O)ccc1N. The number of pyridine rings is 1. The lowest BCUT2D eigenvalue weighted by Crippen LogP contribution is -2.16. The summed E-state index contributed by atoms with van der Waals surface area (Å²) in [5.41, 5.74) is 11.3. The van der Waals surface area contributed by atoms with Crippen LogP contribution in [0.3, 0.4) is 0 Å². The second kappa shape index (κ2) is 6.68. The highest BCUT2D eigenvalue weighted by molar-refractivity contribution is 5.74. The maximum Gasteiger partial charge on any atom is 0.239 e. The summed E-state index contributed by atoms with van der Waals surface area (Å²) in [5.74, 6) is 1.07. The number of hydrogen-bond donors (Lipinski definition) is 3. The number of nitrogens with one attached hydrogen (secondary N) is 1. The lowest BCUT2D eigenvalue weighted by molar-refractivity contribution is -0.117. The monoisotopic (exact) mass is 252 g/mol. The number of hydrogen-bond acceptors (Lipinski definition) is 5. The van der Waals surface area contributed by atoms with Crippen LogP contribution in [0.5, 0.6) is 5.88 Å². The molecule has 1 heterocycles. The van der Waals surface area contributed by atoms with Gasteiger partial charge in [0.2, 0.25) is 11.8 Å². The van der Waals surface area contributed by atoms with Crippen molar-refractivity contribution in [3.63, 3.8) is 0 Å². The molecule has 1 amide bonds. The quantitative estimate of drug-likeness (QED) is 0.671. The van der Waals surface area contributed by atoms with Gasteiger partial charge < -0.3 is 21.5 Å². The topological polar surface area (TPSA) is 103 Å². The molecule has 0 unspecified atom stereocenters. The largest absolute Gasteiger partial charge is 0.476 e. The van der Waals surface area contributed by atoms with E-state index in [2.05, 4.69) is 10.3 Å². The molecule has 100 valence electrons. The zero-order valence-corrected chi connectivity index (χ0v) is 10.8.